The monoisotopic (exact) mass is 313 g/mol. The van der Waals surface area contributed by atoms with Crippen molar-refractivity contribution in [1.29, 1.82) is 0 Å². The summed E-state index contributed by atoms with van der Waals surface area (Å²) in [5.41, 5.74) is -0.136. The van der Waals surface area contributed by atoms with E-state index in [0.717, 1.165) is 6.07 Å². The number of aryl methyl sites for hydroxylation is 1. The van der Waals surface area contributed by atoms with Gasteiger partial charge in [-0.2, -0.15) is 0 Å². The number of rotatable bonds is 3. The second-order valence-electron chi connectivity index (χ2n) is 4.18. The fourth-order valence-corrected chi connectivity index (χ4v) is 2.09. The molecular formula is C14H13ClFNO4. The van der Waals surface area contributed by atoms with Crippen LogP contribution in [0.5, 0.6) is 5.75 Å². The van der Waals surface area contributed by atoms with E-state index in [9.17, 15) is 14.0 Å². The third-order valence-electron chi connectivity index (χ3n) is 2.89. The van der Waals surface area contributed by atoms with Crippen LogP contribution < -0.4 is 10.2 Å². The Bertz CT molecular complexity index is 757. The summed E-state index contributed by atoms with van der Waals surface area (Å²) in [6.07, 6.45) is 0.390. The minimum absolute atomic E-state index is 0.0804. The quantitative estimate of drug-likeness (QED) is 0.815. The summed E-state index contributed by atoms with van der Waals surface area (Å²) in [5, 5.41) is 0.00343. The van der Waals surface area contributed by atoms with E-state index in [1.165, 1.54) is 12.3 Å². The van der Waals surface area contributed by atoms with Crippen LogP contribution in [0.3, 0.4) is 0 Å². The lowest BCUT2D eigenvalue weighted by Gasteiger charge is -2.12. The van der Waals surface area contributed by atoms with Crippen molar-refractivity contribution in [3.8, 4) is 5.75 Å². The summed E-state index contributed by atoms with van der Waals surface area (Å²) in [5.74, 6) is -0.929. The van der Waals surface area contributed by atoms with Crippen molar-refractivity contribution in [2.75, 3.05) is 6.61 Å². The molecule has 1 heterocycles. The molecule has 1 aromatic carbocycles. The average Bonchev–Trinajstić information content (AvgIpc) is 2.44. The molecule has 0 N–H and O–H groups in total. The largest absolute Gasteiger partial charge is 0.514 e. The number of carbonyl (C=O) groups excluding carboxylic acids is 1. The molecule has 0 aliphatic carbocycles. The Morgan fingerprint density at radius 2 is 2.10 bits per heavy atom. The van der Waals surface area contributed by atoms with Gasteiger partial charge in [0.25, 0.3) is 0 Å². The zero-order valence-electron chi connectivity index (χ0n) is 11.5. The molecule has 0 amide bonds. The number of halogens is 2. The first-order valence-corrected chi connectivity index (χ1v) is 6.72. The molecule has 2 rings (SSSR count). The van der Waals surface area contributed by atoms with Crippen LogP contribution in [0.4, 0.5) is 9.18 Å². The Morgan fingerprint density at radius 3 is 2.71 bits per heavy atom. The van der Waals surface area contributed by atoms with Crippen LogP contribution >= 0.6 is 11.6 Å². The lowest BCUT2D eigenvalue weighted by molar-refractivity contribution is 0.104. The first-order valence-electron chi connectivity index (χ1n) is 6.34. The molecule has 0 aliphatic heterocycles. The standard InChI is InChI=1S/C14H13ClFNO4/c1-3-17-7-12(21-14(19)20-4-2)13(18)8-5-10(16)9(15)6-11(8)17/h5-7H,3-4H2,1-2H3. The molecule has 0 aliphatic rings. The number of pyridine rings is 1. The molecule has 0 fully saturated rings. The minimum Gasteiger partial charge on any atom is -0.434 e. The highest BCUT2D eigenvalue weighted by Crippen LogP contribution is 2.23. The Hall–Kier alpha value is -2.08. The first-order chi connectivity index (χ1) is 9.97. The number of fused-ring (bicyclic) bond motifs is 1. The maximum atomic E-state index is 13.6. The van der Waals surface area contributed by atoms with E-state index in [1.807, 2.05) is 6.92 Å². The van der Waals surface area contributed by atoms with Gasteiger partial charge in [0.05, 0.1) is 28.7 Å². The third-order valence-corrected chi connectivity index (χ3v) is 3.18. The van der Waals surface area contributed by atoms with Crippen molar-refractivity contribution in [2.24, 2.45) is 0 Å². The molecule has 0 saturated heterocycles. The van der Waals surface area contributed by atoms with E-state index >= 15 is 0 Å². The van der Waals surface area contributed by atoms with Crippen molar-refractivity contribution in [3.05, 3.63) is 39.4 Å². The van der Waals surface area contributed by atoms with Crippen LogP contribution in [-0.4, -0.2) is 17.3 Å². The predicted octanol–water partition coefficient (Wildman–Crippen LogP) is 3.35. The van der Waals surface area contributed by atoms with Gasteiger partial charge in [0.2, 0.25) is 5.43 Å². The molecule has 1 aromatic heterocycles. The normalized spacial score (nSPS) is 10.7. The molecular weight excluding hydrogens is 301 g/mol. The molecule has 21 heavy (non-hydrogen) atoms. The van der Waals surface area contributed by atoms with Crippen LogP contribution in [0.2, 0.25) is 5.02 Å². The van der Waals surface area contributed by atoms with Gasteiger partial charge in [-0.15, -0.1) is 0 Å². The van der Waals surface area contributed by atoms with E-state index in [4.69, 9.17) is 16.3 Å². The van der Waals surface area contributed by atoms with Crippen LogP contribution in [-0.2, 0) is 11.3 Å². The van der Waals surface area contributed by atoms with Crippen LogP contribution in [0.25, 0.3) is 10.9 Å². The highest BCUT2D eigenvalue weighted by Gasteiger charge is 2.15. The van der Waals surface area contributed by atoms with Crippen LogP contribution in [0.15, 0.2) is 23.1 Å². The number of aromatic nitrogens is 1. The molecule has 0 radical (unpaired) electrons. The minimum atomic E-state index is -0.981. The molecule has 2 aromatic rings. The topological polar surface area (TPSA) is 57.5 Å². The number of carbonyl (C=O) groups is 1. The second-order valence-corrected chi connectivity index (χ2v) is 4.58. The van der Waals surface area contributed by atoms with Crippen molar-refractivity contribution in [1.82, 2.24) is 4.57 Å². The number of benzene rings is 1. The number of nitrogens with zero attached hydrogens (tertiary/aromatic N) is 1. The maximum Gasteiger partial charge on any atom is 0.514 e. The van der Waals surface area contributed by atoms with Gasteiger partial charge in [-0.3, -0.25) is 4.79 Å². The molecule has 112 valence electrons. The summed E-state index contributed by atoms with van der Waals surface area (Å²) >= 11 is 5.74. The van der Waals surface area contributed by atoms with Gasteiger partial charge < -0.3 is 14.0 Å². The van der Waals surface area contributed by atoms with E-state index < -0.39 is 17.4 Å². The van der Waals surface area contributed by atoms with Crippen molar-refractivity contribution >= 4 is 28.7 Å². The molecule has 7 heteroatoms. The lowest BCUT2D eigenvalue weighted by Crippen LogP contribution is -2.18. The summed E-state index contributed by atoms with van der Waals surface area (Å²) in [6, 6.07) is 2.40. The lowest BCUT2D eigenvalue weighted by atomic mass is 10.2. The zero-order chi connectivity index (χ0) is 15.6. The SMILES string of the molecule is CCOC(=O)Oc1cn(CC)c2cc(Cl)c(F)cc2c1=O. The zero-order valence-corrected chi connectivity index (χ0v) is 12.2. The smallest absolute Gasteiger partial charge is 0.434 e. The molecule has 0 bridgehead atoms. The van der Waals surface area contributed by atoms with Crippen molar-refractivity contribution in [2.45, 2.75) is 20.4 Å². The molecule has 5 nitrogen and oxygen atoms in total. The summed E-state index contributed by atoms with van der Waals surface area (Å²) < 4.78 is 24.7. The predicted molar refractivity (Wildman–Crippen MR) is 76.5 cm³/mol. The molecule has 0 spiro atoms. The Labute approximate surface area is 124 Å². The average molecular weight is 314 g/mol. The van der Waals surface area contributed by atoms with E-state index in [1.54, 1.807) is 11.5 Å². The van der Waals surface area contributed by atoms with Crippen LogP contribution in [0.1, 0.15) is 13.8 Å². The number of ether oxygens (including phenoxy) is 2. The van der Waals surface area contributed by atoms with Crippen molar-refractivity contribution in [3.63, 3.8) is 0 Å². The number of hydrogen-bond acceptors (Lipinski definition) is 4. The van der Waals surface area contributed by atoms with Gasteiger partial charge in [-0.1, -0.05) is 11.6 Å². The highest BCUT2D eigenvalue weighted by atomic mass is 35.5. The fourth-order valence-electron chi connectivity index (χ4n) is 1.93. The highest BCUT2D eigenvalue weighted by molar-refractivity contribution is 6.31. The Morgan fingerprint density at radius 1 is 1.38 bits per heavy atom. The maximum absolute atomic E-state index is 13.6. The molecule has 0 saturated carbocycles. The second kappa shape index (κ2) is 6.13. The van der Waals surface area contributed by atoms with Gasteiger partial charge in [0, 0.05) is 6.54 Å². The van der Waals surface area contributed by atoms with E-state index in [-0.39, 0.29) is 22.8 Å². The molecule has 0 atom stereocenters. The Kier molecular flexibility index (Phi) is 4.47. The van der Waals surface area contributed by atoms with Crippen molar-refractivity contribution < 1.29 is 18.7 Å². The summed E-state index contributed by atoms with van der Waals surface area (Å²) in [4.78, 5) is 23.6. The summed E-state index contributed by atoms with van der Waals surface area (Å²) in [7, 11) is 0. The summed E-state index contributed by atoms with van der Waals surface area (Å²) in [6.45, 7) is 4.05. The fraction of sp³-hybridized carbons (Fsp3) is 0.286. The molecule has 0 unspecified atom stereocenters. The first kappa shape index (κ1) is 15.3. The van der Waals surface area contributed by atoms with Gasteiger partial charge in [-0.25, -0.2) is 9.18 Å². The van der Waals surface area contributed by atoms with E-state index in [2.05, 4.69) is 4.74 Å². The van der Waals surface area contributed by atoms with E-state index in [0.29, 0.717) is 12.1 Å². The van der Waals surface area contributed by atoms with Gasteiger partial charge in [-0.05, 0) is 26.0 Å². The number of hydrogen-bond donors (Lipinski definition) is 0. The third kappa shape index (κ3) is 3.00. The van der Waals surface area contributed by atoms with Gasteiger partial charge in [0.1, 0.15) is 5.82 Å². The Balaban J connectivity index is 2.64. The van der Waals surface area contributed by atoms with Gasteiger partial charge >= 0.3 is 6.16 Å². The van der Waals surface area contributed by atoms with Crippen LogP contribution in [0, 0.1) is 5.82 Å². The van der Waals surface area contributed by atoms with Gasteiger partial charge in [0.15, 0.2) is 5.75 Å².